The lowest BCUT2D eigenvalue weighted by atomic mass is 9.86. The summed E-state index contributed by atoms with van der Waals surface area (Å²) >= 11 is 6.28. The molecule has 0 bridgehead atoms. The molecule has 1 aromatic heterocycles. The minimum atomic E-state index is -1.07. The normalized spacial score (nSPS) is 21.6. The predicted octanol–water partition coefficient (Wildman–Crippen LogP) is 2.89. The Morgan fingerprint density at radius 2 is 2.14 bits per heavy atom. The van der Waals surface area contributed by atoms with Crippen LogP contribution in [0.25, 0.3) is 22.0 Å². The topological polar surface area (TPSA) is 128 Å². The van der Waals surface area contributed by atoms with Gasteiger partial charge in [0.05, 0.1) is 42.3 Å². The maximum absolute atomic E-state index is 13.0. The monoisotopic (exact) mass is 505 g/mol. The Morgan fingerprint density at radius 1 is 1.28 bits per heavy atom. The summed E-state index contributed by atoms with van der Waals surface area (Å²) in [6.07, 6.45) is 2.04. The van der Waals surface area contributed by atoms with Gasteiger partial charge in [0.25, 0.3) is 0 Å². The molecule has 2 fully saturated rings. The van der Waals surface area contributed by atoms with Gasteiger partial charge in [0.2, 0.25) is 5.91 Å². The molecule has 0 spiro atoms. The summed E-state index contributed by atoms with van der Waals surface area (Å²) in [4.78, 5) is 30.9. The Morgan fingerprint density at radius 3 is 2.94 bits per heavy atom. The van der Waals surface area contributed by atoms with Crippen molar-refractivity contribution in [2.75, 3.05) is 26.4 Å². The van der Waals surface area contributed by atoms with Crippen LogP contribution >= 0.6 is 11.6 Å². The highest BCUT2D eigenvalue weighted by Crippen LogP contribution is 2.35. The second kappa shape index (κ2) is 10.1. The molecule has 0 aliphatic carbocycles. The van der Waals surface area contributed by atoms with E-state index in [1.165, 1.54) is 0 Å². The molecule has 0 radical (unpaired) electrons. The summed E-state index contributed by atoms with van der Waals surface area (Å²) in [6.45, 7) is 1.60. The number of ether oxygens (including phenoxy) is 1. The quantitative estimate of drug-likeness (QED) is 0.466. The molecule has 3 heterocycles. The van der Waals surface area contributed by atoms with Crippen LogP contribution in [-0.4, -0.2) is 65.3 Å². The molecule has 10 heteroatoms. The number of rotatable bonds is 6. The largest absolute Gasteiger partial charge is 0.491 e. The van der Waals surface area contributed by atoms with Gasteiger partial charge >= 0.3 is 5.97 Å². The number of carbonyl (C=O) groups excluding carboxylic acids is 1. The second-order valence-electron chi connectivity index (χ2n) is 8.90. The number of piperidine rings is 1. The summed E-state index contributed by atoms with van der Waals surface area (Å²) < 4.78 is 6.08. The van der Waals surface area contributed by atoms with E-state index in [1.54, 1.807) is 41.4 Å². The van der Waals surface area contributed by atoms with Gasteiger partial charge in [-0.15, -0.1) is 0 Å². The number of pyridine rings is 1. The van der Waals surface area contributed by atoms with Crippen molar-refractivity contribution in [2.24, 2.45) is 5.92 Å². The first-order valence-electron chi connectivity index (χ1n) is 11.6. The van der Waals surface area contributed by atoms with Gasteiger partial charge in [-0.25, -0.2) is 4.79 Å². The van der Waals surface area contributed by atoms with Crippen LogP contribution in [0.4, 0.5) is 0 Å². The molecule has 5 rings (SSSR count). The van der Waals surface area contributed by atoms with Crippen molar-refractivity contribution in [3.63, 3.8) is 0 Å². The number of aromatic carboxylic acids is 1. The van der Waals surface area contributed by atoms with Crippen molar-refractivity contribution in [3.8, 4) is 22.9 Å². The minimum absolute atomic E-state index is 0.0213. The number of carbonyl (C=O) groups is 2. The van der Waals surface area contributed by atoms with Crippen molar-refractivity contribution in [1.82, 2.24) is 20.5 Å². The number of hydrogen-bond acceptors (Lipinski definition) is 7. The van der Waals surface area contributed by atoms with E-state index in [9.17, 15) is 20.0 Å². The van der Waals surface area contributed by atoms with Gasteiger partial charge in [-0.05, 0) is 48.4 Å². The molecule has 2 aromatic carbocycles. The van der Waals surface area contributed by atoms with Crippen LogP contribution in [0.1, 0.15) is 16.8 Å². The van der Waals surface area contributed by atoms with Crippen molar-refractivity contribution >= 4 is 34.4 Å². The highest BCUT2D eigenvalue weighted by molar-refractivity contribution is 6.31. The molecule has 3 unspecified atom stereocenters. The fraction of sp³-hybridized carbons (Fsp3) is 0.308. The second-order valence-corrected chi connectivity index (χ2v) is 9.33. The van der Waals surface area contributed by atoms with Gasteiger partial charge < -0.3 is 20.1 Å². The number of nitrogens with zero attached hydrogens (tertiary/aromatic N) is 3. The lowest BCUT2D eigenvalue weighted by molar-refractivity contribution is -0.142. The molecule has 9 nitrogen and oxygen atoms in total. The molecule has 3 atom stereocenters. The number of fused-ring (bicyclic) bond motifs is 2. The first kappa shape index (κ1) is 24.0. The molecule has 2 aliphatic rings. The number of carboxylic acid groups (broad SMARTS) is 1. The average Bonchev–Trinajstić information content (AvgIpc) is 2.89. The average molecular weight is 506 g/mol. The van der Waals surface area contributed by atoms with Crippen molar-refractivity contribution in [3.05, 3.63) is 59.2 Å². The molecular weight excluding hydrogens is 482 g/mol. The SMILES string of the molecule is N#CC1CC2C(=O)N(CCOc3ccc(Cl)cc3-c3cc(C(=O)O)c4ncccc4c3)CNC2CN1. The smallest absolute Gasteiger partial charge is 0.337 e. The van der Waals surface area contributed by atoms with E-state index in [4.69, 9.17) is 16.3 Å². The number of halogens is 1. The first-order chi connectivity index (χ1) is 17.4. The zero-order chi connectivity index (χ0) is 25.2. The predicted molar refractivity (Wildman–Crippen MR) is 134 cm³/mol. The van der Waals surface area contributed by atoms with E-state index in [0.29, 0.717) is 59.0 Å². The van der Waals surface area contributed by atoms with E-state index in [-0.39, 0.29) is 36.1 Å². The van der Waals surface area contributed by atoms with Crippen molar-refractivity contribution in [2.45, 2.75) is 18.5 Å². The number of amides is 1. The zero-order valence-corrected chi connectivity index (χ0v) is 20.0. The number of aromatic nitrogens is 1. The van der Waals surface area contributed by atoms with Crippen LogP contribution in [0.5, 0.6) is 5.75 Å². The molecule has 36 heavy (non-hydrogen) atoms. The van der Waals surface area contributed by atoms with Gasteiger partial charge in [0, 0.05) is 34.8 Å². The zero-order valence-electron chi connectivity index (χ0n) is 19.3. The van der Waals surface area contributed by atoms with Crippen molar-refractivity contribution < 1.29 is 19.4 Å². The van der Waals surface area contributed by atoms with E-state index < -0.39 is 5.97 Å². The molecule has 2 aliphatic heterocycles. The standard InChI is InChI=1S/C26H24ClN5O4/c27-17-3-4-23(19(10-17)16-8-15-2-1-5-29-24(15)21(9-16)26(34)35)36-7-6-32-14-31-22-13-30-18(12-28)11-20(22)25(32)33/h1-5,8-10,18,20,22,30-31H,6-7,11,13-14H2,(H,34,35). The van der Waals surface area contributed by atoms with Gasteiger partial charge in [-0.2, -0.15) is 5.26 Å². The van der Waals surface area contributed by atoms with E-state index >= 15 is 0 Å². The van der Waals surface area contributed by atoms with Crippen LogP contribution in [0.3, 0.4) is 0 Å². The summed E-state index contributed by atoms with van der Waals surface area (Å²) in [5.41, 5.74) is 1.78. The van der Waals surface area contributed by atoms with Gasteiger partial charge in [0.1, 0.15) is 12.4 Å². The van der Waals surface area contributed by atoms with E-state index in [1.807, 2.05) is 12.1 Å². The first-order valence-corrected chi connectivity index (χ1v) is 12.0. The number of carboxylic acids is 1. The highest BCUT2D eigenvalue weighted by Gasteiger charge is 2.40. The third-order valence-corrected chi connectivity index (χ3v) is 6.93. The summed E-state index contributed by atoms with van der Waals surface area (Å²) in [6, 6.07) is 14.1. The van der Waals surface area contributed by atoms with Crippen LogP contribution in [0, 0.1) is 17.2 Å². The summed E-state index contributed by atoms with van der Waals surface area (Å²) in [7, 11) is 0. The Kier molecular flexibility index (Phi) is 6.74. The third-order valence-electron chi connectivity index (χ3n) is 6.70. The number of benzene rings is 2. The fourth-order valence-corrected chi connectivity index (χ4v) is 5.03. The Bertz CT molecular complexity index is 1370. The number of nitriles is 1. The fourth-order valence-electron chi connectivity index (χ4n) is 4.86. The van der Waals surface area contributed by atoms with Crippen LogP contribution in [0.2, 0.25) is 5.02 Å². The molecule has 2 saturated heterocycles. The number of hydrogen-bond donors (Lipinski definition) is 3. The highest BCUT2D eigenvalue weighted by atomic mass is 35.5. The molecular formula is C26H24ClN5O4. The van der Waals surface area contributed by atoms with Gasteiger partial charge in [-0.1, -0.05) is 17.7 Å². The Balaban J connectivity index is 1.35. The Labute approximate surface area is 212 Å². The lowest BCUT2D eigenvalue weighted by Gasteiger charge is -2.42. The molecule has 184 valence electrons. The Hall–Kier alpha value is -3.71. The van der Waals surface area contributed by atoms with Gasteiger partial charge in [-0.3, -0.25) is 15.1 Å². The van der Waals surface area contributed by atoms with Crippen LogP contribution in [-0.2, 0) is 4.79 Å². The third kappa shape index (κ3) is 4.71. The molecule has 3 N–H and O–H groups in total. The number of nitrogens with one attached hydrogen (secondary N) is 2. The maximum Gasteiger partial charge on any atom is 0.337 e. The molecule has 3 aromatic rings. The maximum atomic E-state index is 13.0. The van der Waals surface area contributed by atoms with Crippen LogP contribution < -0.4 is 15.4 Å². The minimum Gasteiger partial charge on any atom is -0.491 e. The lowest BCUT2D eigenvalue weighted by Crippen LogP contribution is -2.64. The van der Waals surface area contributed by atoms with Crippen LogP contribution in [0.15, 0.2) is 48.7 Å². The van der Waals surface area contributed by atoms with Crippen molar-refractivity contribution in [1.29, 1.82) is 5.26 Å². The molecule has 1 amide bonds. The summed E-state index contributed by atoms with van der Waals surface area (Å²) in [5.74, 6) is -0.762. The molecule has 0 saturated carbocycles. The van der Waals surface area contributed by atoms with Gasteiger partial charge in [0.15, 0.2) is 0 Å². The summed E-state index contributed by atoms with van der Waals surface area (Å²) in [5, 5.41) is 26.7. The van der Waals surface area contributed by atoms with E-state index in [0.717, 1.165) is 0 Å². The van der Waals surface area contributed by atoms with E-state index in [2.05, 4.69) is 21.7 Å².